The predicted molar refractivity (Wildman–Crippen MR) is 81.3 cm³/mol. The Bertz CT molecular complexity index is 243. The van der Waals surface area contributed by atoms with Gasteiger partial charge in [0.25, 0.3) is 0 Å². The van der Waals surface area contributed by atoms with Gasteiger partial charge in [-0.2, -0.15) is 0 Å². The van der Waals surface area contributed by atoms with Crippen LogP contribution in [0.1, 0.15) is 25.7 Å². The smallest absolute Gasteiger partial charge is 0.0122 e. The van der Waals surface area contributed by atoms with Crippen LogP contribution < -0.4 is 11.1 Å². The summed E-state index contributed by atoms with van der Waals surface area (Å²) in [4.78, 5) is 4.99. The van der Waals surface area contributed by atoms with Crippen LogP contribution in [-0.4, -0.2) is 69.2 Å². The van der Waals surface area contributed by atoms with Crippen LogP contribution >= 0.6 is 0 Å². The number of piperidine rings is 2. The topological polar surface area (TPSA) is 44.5 Å². The average Bonchev–Trinajstić information content (AvgIpc) is 2.44. The molecule has 0 amide bonds. The van der Waals surface area contributed by atoms with Crippen LogP contribution in [0.15, 0.2) is 0 Å². The van der Waals surface area contributed by atoms with E-state index in [1.165, 1.54) is 51.9 Å². The molecule has 0 saturated carbocycles. The van der Waals surface area contributed by atoms with E-state index in [4.69, 9.17) is 5.73 Å². The zero-order valence-corrected chi connectivity index (χ0v) is 12.8. The fourth-order valence-electron chi connectivity index (χ4n) is 3.96. The van der Waals surface area contributed by atoms with Gasteiger partial charge in [0.2, 0.25) is 0 Å². The molecular formula is C15H32N4. The number of nitrogens with two attached hydrogens (primary N) is 1. The molecule has 0 bridgehead atoms. The Hall–Kier alpha value is -0.160. The maximum absolute atomic E-state index is 5.65. The minimum Gasteiger partial charge on any atom is -0.329 e. The minimum atomic E-state index is 0.730. The highest BCUT2D eigenvalue weighted by Gasteiger charge is 2.32. The highest BCUT2D eigenvalue weighted by atomic mass is 15.1. The van der Waals surface area contributed by atoms with Crippen LogP contribution in [-0.2, 0) is 0 Å². The molecule has 4 heteroatoms. The van der Waals surface area contributed by atoms with Crippen LogP contribution in [0.3, 0.4) is 0 Å². The second kappa shape index (κ2) is 7.58. The molecule has 3 N–H and O–H groups in total. The number of hydrogen-bond acceptors (Lipinski definition) is 4. The summed E-state index contributed by atoms with van der Waals surface area (Å²) in [5.74, 6) is 1.75. The molecule has 0 aromatic heterocycles. The Kier molecular flexibility index (Phi) is 6.07. The summed E-state index contributed by atoms with van der Waals surface area (Å²) in [5, 5.41) is 3.64. The van der Waals surface area contributed by atoms with E-state index in [1.54, 1.807) is 0 Å². The van der Waals surface area contributed by atoms with Crippen molar-refractivity contribution in [2.75, 3.05) is 53.4 Å². The van der Waals surface area contributed by atoms with Crippen molar-refractivity contribution in [2.24, 2.45) is 17.6 Å². The molecule has 0 aliphatic carbocycles. The molecule has 1 unspecified atom stereocenters. The van der Waals surface area contributed by atoms with Crippen molar-refractivity contribution in [3.63, 3.8) is 0 Å². The van der Waals surface area contributed by atoms with E-state index in [9.17, 15) is 0 Å². The first kappa shape index (κ1) is 15.2. The number of likely N-dealkylation sites (tertiary alicyclic amines) is 2. The molecule has 1 atom stereocenters. The van der Waals surface area contributed by atoms with Crippen molar-refractivity contribution in [1.29, 1.82) is 0 Å². The zero-order valence-electron chi connectivity index (χ0n) is 12.8. The van der Waals surface area contributed by atoms with Gasteiger partial charge < -0.3 is 20.9 Å². The standard InChI is InChI=1S/C15H32N4/c1-17-15(13-3-8-18(2)9-4-13)14-5-10-19(11-6-14)12-7-16/h13-15,17H,3-12,16H2,1-2H3. The first-order chi connectivity index (χ1) is 9.24. The monoisotopic (exact) mass is 268 g/mol. The van der Waals surface area contributed by atoms with Gasteiger partial charge in [0.05, 0.1) is 0 Å². The van der Waals surface area contributed by atoms with Crippen molar-refractivity contribution in [3.8, 4) is 0 Å². The summed E-state index contributed by atoms with van der Waals surface area (Å²) >= 11 is 0. The van der Waals surface area contributed by atoms with E-state index in [2.05, 4.69) is 29.2 Å². The fourth-order valence-corrected chi connectivity index (χ4v) is 3.96. The SMILES string of the molecule is CNC(C1CCN(C)CC1)C1CCN(CCN)CC1. The van der Waals surface area contributed by atoms with Gasteiger partial charge in [-0.1, -0.05) is 0 Å². The maximum atomic E-state index is 5.65. The van der Waals surface area contributed by atoms with E-state index >= 15 is 0 Å². The molecule has 2 rings (SSSR count). The van der Waals surface area contributed by atoms with E-state index < -0.39 is 0 Å². The Morgan fingerprint density at radius 1 is 1.05 bits per heavy atom. The number of hydrogen-bond donors (Lipinski definition) is 2. The Balaban J connectivity index is 1.82. The second-order valence-electron chi connectivity index (χ2n) is 6.42. The van der Waals surface area contributed by atoms with Gasteiger partial charge in [-0.05, 0) is 77.8 Å². The van der Waals surface area contributed by atoms with Crippen LogP contribution in [0.2, 0.25) is 0 Å². The molecule has 2 aliphatic heterocycles. The lowest BCUT2D eigenvalue weighted by molar-refractivity contribution is 0.111. The summed E-state index contributed by atoms with van der Waals surface area (Å²) in [6.07, 6.45) is 5.42. The Morgan fingerprint density at radius 2 is 1.58 bits per heavy atom. The van der Waals surface area contributed by atoms with Crippen LogP contribution in [0.5, 0.6) is 0 Å². The quantitative estimate of drug-likeness (QED) is 0.766. The largest absolute Gasteiger partial charge is 0.329 e. The molecule has 2 heterocycles. The molecular weight excluding hydrogens is 236 g/mol. The van der Waals surface area contributed by atoms with Gasteiger partial charge in [-0.15, -0.1) is 0 Å². The molecule has 0 aromatic carbocycles. The van der Waals surface area contributed by atoms with Crippen molar-refractivity contribution >= 4 is 0 Å². The van der Waals surface area contributed by atoms with E-state index in [-0.39, 0.29) is 0 Å². The van der Waals surface area contributed by atoms with Gasteiger partial charge in [0.15, 0.2) is 0 Å². The lowest BCUT2D eigenvalue weighted by atomic mass is 9.78. The van der Waals surface area contributed by atoms with E-state index in [1.807, 2.05) is 0 Å². The summed E-state index contributed by atoms with van der Waals surface area (Å²) in [6, 6.07) is 0.730. The summed E-state index contributed by atoms with van der Waals surface area (Å²) in [6.45, 7) is 6.91. The lowest BCUT2D eigenvalue weighted by Gasteiger charge is -2.41. The highest BCUT2D eigenvalue weighted by Crippen LogP contribution is 2.30. The van der Waals surface area contributed by atoms with Gasteiger partial charge in [0.1, 0.15) is 0 Å². The highest BCUT2D eigenvalue weighted by molar-refractivity contribution is 4.88. The molecule has 0 aromatic rings. The minimum absolute atomic E-state index is 0.730. The summed E-state index contributed by atoms with van der Waals surface area (Å²) < 4.78 is 0. The average molecular weight is 268 g/mol. The third-order valence-electron chi connectivity index (χ3n) is 5.19. The zero-order chi connectivity index (χ0) is 13.7. The fraction of sp³-hybridized carbons (Fsp3) is 1.00. The molecule has 0 spiro atoms. The first-order valence-electron chi connectivity index (χ1n) is 8.02. The molecule has 19 heavy (non-hydrogen) atoms. The van der Waals surface area contributed by atoms with Crippen LogP contribution in [0, 0.1) is 11.8 Å². The third-order valence-corrected chi connectivity index (χ3v) is 5.19. The summed E-state index contributed by atoms with van der Waals surface area (Å²) in [5.41, 5.74) is 5.65. The number of rotatable bonds is 5. The van der Waals surface area contributed by atoms with Crippen LogP contribution in [0.4, 0.5) is 0 Å². The molecule has 4 nitrogen and oxygen atoms in total. The van der Waals surface area contributed by atoms with Crippen molar-refractivity contribution in [1.82, 2.24) is 15.1 Å². The maximum Gasteiger partial charge on any atom is 0.0122 e. The van der Waals surface area contributed by atoms with Gasteiger partial charge in [-0.3, -0.25) is 0 Å². The number of nitrogens with zero attached hydrogens (tertiary/aromatic N) is 2. The van der Waals surface area contributed by atoms with Crippen molar-refractivity contribution < 1.29 is 0 Å². The Labute approximate surface area is 118 Å². The van der Waals surface area contributed by atoms with Gasteiger partial charge in [-0.25, -0.2) is 0 Å². The second-order valence-corrected chi connectivity index (χ2v) is 6.42. The van der Waals surface area contributed by atoms with Crippen LogP contribution in [0.25, 0.3) is 0 Å². The molecule has 112 valence electrons. The molecule has 2 aliphatic rings. The number of nitrogens with one attached hydrogen (secondary N) is 1. The van der Waals surface area contributed by atoms with Gasteiger partial charge >= 0.3 is 0 Å². The van der Waals surface area contributed by atoms with Crippen molar-refractivity contribution in [2.45, 2.75) is 31.7 Å². The lowest BCUT2D eigenvalue weighted by Crippen LogP contribution is -2.49. The summed E-state index contributed by atoms with van der Waals surface area (Å²) in [7, 11) is 4.41. The molecule has 0 radical (unpaired) electrons. The first-order valence-corrected chi connectivity index (χ1v) is 8.02. The Morgan fingerprint density at radius 3 is 2.05 bits per heavy atom. The predicted octanol–water partition coefficient (Wildman–Crippen LogP) is 0.587. The van der Waals surface area contributed by atoms with E-state index in [0.717, 1.165) is 31.0 Å². The molecule has 2 saturated heterocycles. The van der Waals surface area contributed by atoms with Gasteiger partial charge in [0, 0.05) is 19.1 Å². The third kappa shape index (κ3) is 4.15. The molecule has 2 fully saturated rings. The normalized spacial score (nSPS) is 26.7. The van der Waals surface area contributed by atoms with E-state index in [0.29, 0.717) is 0 Å². The van der Waals surface area contributed by atoms with Crippen molar-refractivity contribution in [3.05, 3.63) is 0 Å².